The predicted octanol–water partition coefficient (Wildman–Crippen LogP) is 5.82. The van der Waals surface area contributed by atoms with Crippen molar-refractivity contribution >= 4 is 12.2 Å². The molecule has 1 unspecified atom stereocenters. The Labute approximate surface area is 164 Å². The molecule has 0 spiro atoms. The van der Waals surface area contributed by atoms with Crippen LogP contribution in [0.1, 0.15) is 48.8 Å². The first-order chi connectivity index (χ1) is 13.4. The molecule has 1 aliphatic rings. The van der Waals surface area contributed by atoms with Crippen molar-refractivity contribution < 1.29 is 35.9 Å². The number of hydrogen-bond acceptors (Lipinski definition) is 3. The number of aliphatic imine (C=N–C) groups is 1. The topological polar surface area (TPSA) is 38.7 Å². The van der Waals surface area contributed by atoms with Gasteiger partial charge in [-0.05, 0) is 42.5 Å². The number of rotatable bonds is 5. The van der Waals surface area contributed by atoms with Gasteiger partial charge in [0.1, 0.15) is 0 Å². The van der Waals surface area contributed by atoms with E-state index in [1.165, 1.54) is 6.08 Å². The van der Waals surface area contributed by atoms with Gasteiger partial charge in [0.15, 0.2) is 5.54 Å². The summed E-state index contributed by atoms with van der Waals surface area (Å²) in [4.78, 5) is 16.6. The summed E-state index contributed by atoms with van der Waals surface area (Å²) in [6.07, 6.45) is -3.96. The van der Waals surface area contributed by atoms with E-state index in [9.17, 15) is 31.1 Å². The van der Waals surface area contributed by atoms with Crippen LogP contribution in [0.3, 0.4) is 0 Å². The van der Waals surface area contributed by atoms with Gasteiger partial charge in [-0.2, -0.15) is 26.3 Å². The van der Waals surface area contributed by atoms with E-state index in [-0.39, 0.29) is 12.0 Å². The number of benzene rings is 1. The van der Waals surface area contributed by atoms with Crippen molar-refractivity contribution in [3.8, 4) is 0 Å². The number of esters is 1. The lowest BCUT2D eigenvalue weighted by atomic mass is 9.75. The third kappa shape index (κ3) is 5.19. The Morgan fingerprint density at radius 3 is 1.97 bits per heavy atom. The van der Waals surface area contributed by atoms with Crippen LogP contribution in [0.5, 0.6) is 0 Å². The van der Waals surface area contributed by atoms with E-state index in [2.05, 4.69) is 11.6 Å². The van der Waals surface area contributed by atoms with Gasteiger partial charge in [-0.3, -0.25) is 4.99 Å². The lowest BCUT2D eigenvalue weighted by Gasteiger charge is -2.35. The second-order valence-corrected chi connectivity index (χ2v) is 6.95. The van der Waals surface area contributed by atoms with Crippen molar-refractivity contribution in [1.82, 2.24) is 0 Å². The highest BCUT2D eigenvalue weighted by molar-refractivity contribution is 5.89. The van der Waals surface area contributed by atoms with Gasteiger partial charge in [0.2, 0.25) is 0 Å². The van der Waals surface area contributed by atoms with Gasteiger partial charge in [0.05, 0.1) is 18.2 Å². The number of methoxy groups -OCH3 is 1. The highest BCUT2D eigenvalue weighted by Crippen LogP contribution is 2.38. The number of ether oxygens (including phenoxy) is 1. The average Bonchev–Trinajstić information content (AvgIpc) is 2.67. The molecule has 0 aliphatic heterocycles. The maximum absolute atomic E-state index is 13.0. The van der Waals surface area contributed by atoms with Crippen LogP contribution in [0.15, 0.2) is 35.8 Å². The van der Waals surface area contributed by atoms with Crippen molar-refractivity contribution in [3.05, 3.63) is 47.5 Å². The molecule has 0 N–H and O–H groups in total. The van der Waals surface area contributed by atoms with Crippen molar-refractivity contribution in [1.29, 1.82) is 0 Å². The van der Waals surface area contributed by atoms with Crippen molar-refractivity contribution in [2.24, 2.45) is 10.9 Å². The van der Waals surface area contributed by atoms with Crippen molar-refractivity contribution in [2.75, 3.05) is 7.11 Å². The first-order valence-electron chi connectivity index (χ1n) is 9.01. The highest BCUT2D eigenvalue weighted by atomic mass is 19.4. The van der Waals surface area contributed by atoms with E-state index in [4.69, 9.17) is 4.74 Å². The summed E-state index contributed by atoms with van der Waals surface area (Å²) in [5.74, 6) is -1.05. The molecule has 1 saturated carbocycles. The third-order valence-corrected chi connectivity index (χ3v) is 5.09. The summed E-state index contributed by atoms with van der Waals surface area (Å²) in [5.41, 5.74) is -4.89. The lowest BCUT2D eigenvalue weighted by molar-refractivity contribution is -0.147. The number of nitrogens with zero attached hydrogens (tertiary/aromatic N) is 1. The molecule has 0 aromatic heterocycles. The summed E-state index contributed by atoms with van der Waals surface area (Å²) >= 11 is 0. The zero-order valence-electron chi connectivity index (χ0n) is 15.7. The molecule has 2 rings (SSSR count). The van der Waals surface area contributed by atoms with Crippen LogP contribution in [0.2, 0.25) is 0 Å². The zero-order valence-corrected chi connectivity index (χ0v) is 15.7. The summed E-state index contributed by atoms with van der Waals surface area (Å²) in [6.45, 7) is 3.63. The highest BCUT2D eigenvalue weighted by Gasteiger charge is 2.44. The second-order valence-electron chi connectivity index (χ2n) is 6.95. The molecular weight excluding hydrogens is 400 g/mol. The van der Waals surface area contributed by atoms with Crippen LogP contribution < -0.4 is 0 Å². The fraction of sp³-hybridized carbons (Fsp3) is 0.500. The van der Waals surface area contributed by atoms with E-state index in [1.807, 2.05) is 0 Å². The lowest BCUT2D eigenvalue weighted by Crippen LogP contribution is -2.44. The zero-order chi connectivity index (χ0) is 21.9. The first kappa shape index (κ1) is 23.0. The van der Waals surface area contributed by atoms with Gasteiger partial charge in [-0.25, -0.2) is 4.79 Å². The smallest absolute Gasteiger partial charge is 0.416 e. The first-order valence-corrected chi connectivity index (χ1v) is 9.01. The fourth-order valence-electron chi connectivity index (χ4n) is 3.57. The summed E-state index contributed by atoms with van der Waals surface area (Å²) in [5, 5.41) is 0. The van der Waals surface area contributed by atoms with Crippen molar-refractivity contribution in [2.45, 2.75) is 50.0 Å². The molecule has 9 heteroatoms. The summed E-state index contributed by atoms with van der Waals surface area (Å²) < 4.78 is 83.1. The summed E-state index contributed by atoms with van der Waals surface area (Å²) in [7, 11) is 1.14. The Kier molecular flexibility index (Phi) is 6.80. The van der Waals surface area contributed by atoms with Crippen LogP contribution >= 0.6 is 0 Å². The fourth-order valence-corrected chi connectivity index (χ4v) is 3.57. The van der Waals surface area contributed by atoms with Crippen LogP contribution in [-0.4, -0.2) is 24.8 Å². The number of carbonyl (C=O) groups excluding carboxylic acids is 1. The standard InChI is InChI=1S/C20H21F6NO2/c1-3-18(17(28)29-2,14-7-5-4-6-8-14)27-12-13-9-15(19(21,22)23)11-16(10-13)20(24,25)26/h3,9-12,14H,1,4-8H2,2H3. The van der Waals surface area contributed by atoms with Crippen LogP contribution in [0.25, 0.3) is 0 Å². The number of carbonyl (C=O) groups is 1. The molecule has 0 saturated heterocycles. The van der Waals surface area contributed by atoms with Crippen LogP contribution in [0, 0.1) is 5.92 Å². The van der Waals surface area contributed by atoms with Gasteiger partial charge in [-0.1, -0.05) is 25.3 Å². The monoisotopic (exact) mass is 421 g/mol. The number of alkyl halides is 6. The van der Waals surface area contributed by atoms with Gasteiger partial charge in [0.25, 0.3) is 0 Å². The van der Waals surface area contributed by atoms with E-state index >= 15 is 0 Å². The van der Waals surface area contributed by atoms with Gasteiger partial charge >= 0.3 is 18.3 Å². The molecule has 0 radical (unpaired) electrons. The quantitative estimate of drug-likeness (QED) is 0.260. The van der Waals surface area contributed by atoms with Gasteiger partial charge < -0.3 is 4.74 Å². The largest absolute Gasteiger partial charge is 0.467 e. The summed E-state index contributed by atoms with van der Waals surface area (Å²) in [6, 6.07) is 1.16. The van der Waals surface area contributed by atoms with E-state index in [1.54, 1.807) is 0 Å². The Morgan fingerprint density at radius 2 is 1.55 bits per heavy atom. The third-order valence-electron chi connectivity index (χ3n) is 5.09. The van der Waals surface area contributed by atoms with E-state index in [0.717, 1.165) is 32.6 Å². The Hall–Kier alpha value is -2.32. The molecule has 0 bridgehead atoms. The van der Waals surface area contributed by atoms with Gasteiger partial charge in [-0.15, -0.1) is 6.58 Å². The van der Waals surface area contributed by atoms with E-state index in [0.29, 0.717) is 25.0 Å². The normalized spacial score (nSPS) is 18.4. The number of hydrogen-bond donors (Lipinski definition) is 0. The Balaban J connectivity index is 2.54. The maximum atomic E-state index is 13.0. The SMILES string of the molecule is C=CC(N=Cc1cc(C(F)(F)F)cc(C(F)(F)F)c1)(C(=O)OC)C1CCCCC1. The molecule has 0 amide bonds. The minimum Gasteiger partial charge on any atom is -0.467 e. The maximum Gasteiger partial charge on any atom is 0.416 e. The second kappa shape index (κ2) is 8.59. The molecule has 1 fully saturated rings. The van der Waals surface area contributed by atoms with E-state index < -0.39 is 40.6 Å². The molecule has 1 atom stereocenters. The molecule has 3 nitrogen and oxygen atoms in total. The predicted molar refractivity (Wildman–Crippen MR) is 95.6 cm³/mol. The van der Waals surface area contributed by atoms with Gasteiger partial charge in [0, 0.05) is 6.21 Å². The van der Waals surface area contributed by atoms with Crippen molar-refractivity contribution in [3.63, 3.8) is 0 Å². The Morgan fingerprint density at radius 1 is 1.03 bits per heavy atom. The molecule has 160 valence electrons. The Bertz CT molecular complexity index is 746. The molecular formula is C20H21F6NO2. The minimum atomic E-state index is -4.97. The van der Waals surface area contributed by atoms with Crippen LogP contribution in [0.4, 0.5) is 26.3 Å². The molecule has 1 aromatic carbocycles. The molecule has 0 heterocycles. The molecule has 1 aliphatic carbocycles. The average molecular weight is 421 g/mol. The number of halogens is 6. The molecule has 29 heavy (non-hydrogen) atoms. The molecule has 1 aromatic rings. The van der Waals surface area contributed by atoms with Crippen LogP contribution in [-0.2, 0) is 21.9 Å². The minimum absolute atomic E-state index is 0.0412.